The molecule has 1 aliphatic carbocycles. The van der Waals surface area contributed by atoms with Crippen molar-refractivity contribution in [2.45, 2.75) is 53.1 Å². The summed E-state index contributed by atoms with van der Waals surface area (Å²) in [7, 11) is 0. The molecule has 122 valence electrons. The average molecular weight is 314 g/mol. The van der Waals surface area contributed by atoms with Crippen molar-refractivity contribution in [3.8, 4) is 0 Å². The van der Waals surface area contributed by atoms with E-state index in [2.05, 4.69) is 0 Å². The van der Waals surface area contributed by atoms with Crippen molar-refractivity contribution in [2.75, 3.05) is 6.54 Å². The van der Waals surface area contributed by atoms with Crippen LogP contribution >= 0.6 is 0 Å². The van der Waals surface area contributed by atoms with Crippen LogP contribution in [0.15, 0.2) is 6.07 Å². The van der Waals surface area contributed by atoms with Crippen molar-refractivity contribution >= 4 is 17.7 Å². The molecule has 1 aromatic rings. The summed E-state index contributed by atoms with van der Waals surface area (Å²) in [4.78, 5) is 39.6. The Morgan fingerprint density at radius 2 is 1.83 bits per heavy atom. The molecule has 0 N–H and O–H groups in total. The van der Waals surface area contributed by atoms with Gasteiger partial charge in [-0.2, -0.15) is 0 Å². The number of Topliss-reactive ketones (excluding diaryl/α,β-unsaturated/α-hetero) is 1. The van der Waals surface area contributed by atoms with Gasteiger partial charge in [-0.25, -0.2) is 4.79 Å². The summed E-state index contributed by atoms with van der Waals surface area (Å²) in [5, 5.41) is 0. The molecule has 0 spiro atoms. The molecule has 23 heavy (non-hydrogen) atoms. The topological polar surface area (TPSA) is 57.7 Å². The van der Waals surface area contributed by atoms with E-state index in [-0.39, 0.29) is 36.9 Å². The molecule has 1 heterocycles. The Kier molecular flexibility index (Phi) is 3.74. The van der Waals surface area contributed by atoms with Crippen LogP contribution < -0.4 is 0 Å². The molecular formula is C18H22N2O3. The summed E-state index contributed by atoms with van der Waals surface area (Å²) in [5.41, 5.74) is 4.43. The normalized spacial score (nSPS) is 18.1. The lowest BCUT2D eigenvalue weighted by molar-refractivity contribution is -0.125. The number of nitrogens with zero attached hydrogens (tertiary/aromatic N) is 2. The number of carbonyl (C=O) groups excluding carboxylic acids is 3. The van der Waals surface area contributed by atoms with Crippen molar-refractivity contribution < 1.29 is 14.4 Å². The van der Waals surface area contributed by atoms with E-state index in [1.165, 1.54) is 4.90 Å². The molecule has 2 aliphatic rings. The zero-order valence-electron chi connectivity index (χ0n) is 14.1. The predicted molar refractivity (Wildman–Crippen MR) is 86.3 cm³/mol. The lowest BCUT2D eigenvalue weighted by Crippen LogP contribution is -2.34. The summed E-state index contributed by atoms with van der Waals surface area (Å²) in [6.07, 6.45) is 1.98. The maximum Gasteiger partial charge on any atom is 0.327 e. The quantitative estimate of drug-likeness (QED) is 0.634. The highest BCUT2D eigenvalue weighted by molar-refractivity contribution is 6.02. The second-order valence-electron chi connectivity index (χ2n) is 6.67. The summed E-state index contributed by atoms with van der Waals surface area (Å²) in [5.74, 6) is -0.134. The molecule has 3 rings (SSSR count). The van der Waals surface area contributed by atoms with E-state index in [4.69, 9.17) is 0 Å². The first kappa shape index (κ1) is 15.7. The first-order valence-electron chi connectivity index (χ1n) is 8.02. The number of urea groups is 1. The lowest BCUT2D eigenvalue weighted by Gasteiger charge is -2.21. The Bertz CT molecular complexity index is 719. The number of hydrogen-bond donors (Lipinski definition) is 0. The standard InChI is InChI=1S/C18H22N2O3/c1-10-7-11(2)17(13(4)21)12(3)15(10)8-20-16(22)9-19(18(20)23)14-5-6-14/h7,14H,5-6,8-9H2,1-4H3. The first-order valence-corrected chi connectivity index (χ1v) is 8.02. The Hall–Kier alpha value is -2.17. The van der Waals surface area contributed by atoms with E-state index in [0.29, 0.717) is 5.56 Å². The highest BCUT2D eigenvalue weighted by Gasteiger charge is 2.43. The SMILES string of the molecule is CC(=O)c1c(C)cc(C)c(CN2C(=O)CN(C3CC3)C2=O)c1C. The van der Waals surface area contributed by atoms with E-state index in [9.17, 15) is 14.4 Å². The van der Waals surface area contributed by atoms with Crippen LogP contribution in [0.2, 0.25) is 0 Å². The van der Waals surface area contributed by atoms with E-state index < -0.39 is 0 Å². The van der Waals surface area contributed by atoms with Gasteiger partial charge in [0.15, 0.2) is 5.78 Å². The van der Waals surface area contributed by atoms with Gasteiger partial charge in [0, 0.05) is 11.6 Å². The molecule has 5 nitrogen and oxygen atoms in total. The highest BCUT2D eigenvalue weighted by atomic mass is 16.2. The van der Waals surface area contributed by atoms with Crippen LogP contribution in [0.3, 0.4) is 0 Å². The minimum Gasteiger partial charge on any atom is -0.312 e. The van der Waals surface area contributed by atoms with E-state index in [1.54, 1.807) is 11.8 Å². The molecule has 5 heteroatoms. The summed E-state index contributed by atoms with van der Waals surface area (Å²) < 4.78 is 0. The van der Waals surface area contributed by atoms with Crippen molar-refractivity contribution in [1.29, 1.82) is 0 Å². The molecule has 2 fully saturated rings. The largest absolute Gasteiger partial charge is 0.327 e. The van der Waals surface area contributed by atoms with Gasteiger partial charge in [-0.1, -0.05) is 6.07 Å². The lowest BCUT2D eigenvalue weighted by atomic mass is 9.91. The van der Waals surface area contributed by atoms with Gasteiger partial charge in [-0.3, -0.25) is 14.5 Å². The fourth-order valence-corrected chi connectivity index (χ4v) is 3.56. The molecule has 1 saturated carbocycles. The molecule has 0 aromatic heterocycles. The van der Waals surface area contributed by atoms with Gasteiger partial charge in [-0.15, -0.1) is 0 Å². The highest BCUT2D eigenvalue weighted by Crippen LogP contribution is 2.32. The number of rotatable bonds is 4. The monoisotopic (exact) mass is 314 g/mol. The Morgan fingerprint density at radius 3 is 2.39 bits per heavy atom. The molecule has 1 aliphatic heterocycles. The summed E-state index contributed by atoms with van der Waals surface area (Å²) in [6.45, 7) is 7.77. The van der Waals surface area contributed by atoms with Crippen LogP contribution in [0, 0.1) is 20.8 Å². The van der Waals surface area contributed by atoms with Gasteiger partial charge in [0.1, 0.15) is 6.54 Å². The van der Waals surface area contributed by atoms with Crippen LogP contribution in [0.1, 0.15) is 52.4 Å². The minimum absolute atomic E-state index is 0.0138. The van der Waals surface area contributed by atoms with E-state index in [1.807, 2.05) is 26.8 Å². The molecule has 1 aromatic carbocycles. The molecular weight excluding hydrogens is 292 g/mol. The fraction of sp³-hybridized carbons (Fsp3) is 0.500. The zero-order valence-corrected chi connectivity index (χ0v) is 14.1. The van der Waals surface area contributed by atoms with Gasteiger partial charge in [0.2, 0.25) is 0 Å². The number of ketones is 1. The van der Waals surface area contributed by atoms with Gasteiger partial charge >= 0.3 is 6.03 Å². The van der Waals surface area contributed by atoms with Gasteiger partial charge in [-0.05, 0) is 62.8 Å². The number of amides is 3. The van der Waals surface area contributed by atoms with Crippen molar-refractivity contribution in [3.63, 3.8) is 0 Å². The first-order chi connectivity index (χ1) is 10.8. The van der Waals surface area contributed by atoms with E-state index in [0.717, 1.165) is 35.1 Å². The van der Waals surface area contributed by atoms with Crippen LogP contribution in [-0.4, -0.2) is 40.1 Å². The third-order valence-corrected chi connectivity index (χ3v) is 4.87. The molecule has 0 atom stereocenters. The Labute approximate surface area is 136 Å². The van der Waals surface area contributed by atoms with Gasteiger partial charge < -0.3 is 4.90 Å². The number of aryl methyl sites for hydroxylation is 2. The number of hydrogen-bond acceptors (Lipinski definition) is 3. The number of carbonyl (C=O) groups is 3. The third kappa shape index (κ3) is 2.64. The maximum atomic E-state index is 12.5. The van der Waals surface area contributed by atoms with Crippen LogP contribution in [0.5, 0.6) is 0 Å². The van der Waals surface area contributed by atoms with Crippen molar-refractivity contribution in [3.05, 3.63) is 33.9 Å². The second kappa shape index (κ2) is 5.48. The molecule has 0 unspecified atom stereocenters. The smallest absolute Gasteiger partial charge is 0.312 e. The molecule has 3 amide bonds. The van der Waals surface area contributed by atoms with E-state index >= 15 is 0 Å². The van der Waals surface area contributed by atoms with Crippen LogP contribution in [0.4, 0.5) is 4.79 Å². The Morgan fingerprint density at radius 1 is 1.17 bits per heavy atom. The fourth-order valence-electron chi connectivity index (χ4n) is 3.56. The van der Waals surface area contributed by atoms with Crippen LogP contribution in [0.25, 0.3) is 0 Å². The minimum atomic E-state index is -0.193. The number of imide groups is 1. The zero-order chi connectivity index (χ0) is 16.9. The molecule has 0 bridgehead atoms. The second-order valence-corrected chi connectivity index (χ2v) is 6.67. The van der Waals surface area contributed by atoms with Crippen LogP contribution in [-0.2, 0) is 11.3 Å². The maximum absolute atomic E-state index is 12.5. The summed E-state index contributed by atoms with van der Waals surface area (Å²) >= 11 is 0. The summed E-state index contributed by atoms with van der Waals surface area (Å²) in [6, 6.07) is 2.01. The molecule has 1 saturated heterocycles. The van der Waals surface area contributed by atoms with Crippen molar-refractivity contribution in [1.82, 2.24) is 9.80 Å². The van der Waals surface area contributed by atoms with Gasteiger partial charge in [0.05, 0.1) is 6.54 Å². The third-order valence-electron chi connectivity index (χ3n) is 4.87. The number of benzene rings is 1. The predicted octanol–water partition coefficient (Wildman–Crippen LogP) is 2.74. The average Bonchev–Trinajstić information content (AvgIpc) is 3.23. The van der Waals surface area contributed by atoms with Crippen molar-refractivity contribution in [2.24, 2.45) is 0 Å². The van der Waals surface area contributed by atoms with Gasteiger partial charge in [0.25, 0.3) is 5.91 Å². The molecule has 0 radical (unpaired) electrons. The Balaban J connectivity index is 1.94.